The molecule has 0 bridgehead atoms. The number of rotatable bonds is 7. The van der Waals surface area contributed by atoms with Crippen LogP contribution in [-0.2, 0) is 18.3 Å². The Morgan fingerprint density at radius 2 is 1.83 bits per heavy atom. The molecule has 0 aromatic carbocycles. The number of likely N-dealkylation sites (tertiary alicyclic amines) is 1. The van der Waals surface area contributed by atoms with Crippen molar-refractivity contribution < 1.29 is 4.74 Å². The van der Waals surface area contributed by atoms with Crippen LogP contribution in [0.5, 0.6) is 0 Å². The first kappa shape index (κ1) is 25.3. The summed E-state index contributed by atoms with van der Waals surface area (Å²) in [5, 5.41) is 15.4. The van der Waals surface area contributed by atoms with Crippen LogP contribution in [-0.4, -0.2) is 71.1 Å². The van der Waals surface area contributed by atoms with E-state index in [9.17, 15) is 0 Å². The summed E-state index contributed by atoms with van der Waals surface area (Å²) >= 11 is 0. The van der Waals surface area contributed by atoms with E-state index in [1.165, 1.54) is 51.6 Å². The lowest BCUT2D eigenvalue weighted by atomic mass is 9.88. The molecule has 1 aromatic rings. The van der Waals surface area contributed by atoms with E-state index in [0.717, 1.165) is 36.1 Å². The predicted octanol–water partition coefficient (Wildman–Crippen LogP) is 2.47. The quantitative estimate of drug-likeness (QED) is 0.243. The zero-order chi connectivity index (χ0) is 20.6. The first-order valence-electron chi connectivity index (χ1n) is 11.2. The molecule has 0 amide bonds. The largest absolute Gasteiger partial charge is 0.383 e. The fraction of sp³-hybridized carbons (Fsp3) is 0.857. The topological polar surface area (TPSA) is 79.6 Å². The Kier molecular flexibility index (Phi) is 10.8. The van der Waals surface area contributed by atoms with Crippen molar-refractivity contribution in [3.63, 3.8) is 0 Å². The van der Waals surface area contributed by atoms with Crippen molar-refractivity contribution >= 4 is 29.9 Å². The molecule has 30 heavy (non-hydrogen) atoms. The summed E-state index contributed by atoms with van der Waals surface area (Å²) < 4.78 is 7.17. The number of ether oxygens (including phenoxy) is 1. The molecule has 0 atom stereocenters. The van der Waals surface area contributed by atoms with Gasteiger partial charge in [-0.25, -0.2) is 4.99 Å². The minimum atomic E-state index is 0. The summed E-state index contributed by atoms with van der Waals surface area (Å²) in [6.07, 6.45) is 7.68. The third-order valence-corrected chi connectivity index (χ3v) is 6.53. The molecule has 1 aliphatic carbocycles. The van der Waals surface area contributed by atoms with E-state index in [0.29, 0.717) is 19.2 Å². The summed E-state index contributed by atoms with van der Waals surface area (Å²) in [5.74, 6) is 3.53. The number of methoxy groups -OCH3 is 1. The van der Waals surface area contributed by atoms with E-state index in [1.54, 1.807) is 7.11 Å². The molecule has 0 radical (unpaired) electrons. The van der Waals surface area contributed by atoms with Crippen molar-refractivity contribution in [2.45, 2.75) is 71.0 Å². The Bertz CT molecular complexity index is 650. The van der Waals surface area contributed by atoms with Crippen molar-refractivity contribution in [2.24, 2.45) is 18.0 Å². The van der Waals surface area contributed by atoms with Crippen molar-refractivity contribution in [1.82, 2.24) is 30.3 Å². The van der Waals surface area contributed by atoms with Crippen molar-refractivity contribution in [3.8, 4) is 0 Å². The number of hydrogen-bond donors (Lipinski definition) is 2. The Hall–Kier alpha value is -0.940. The van der Waals surface area contributed by atoms with Gasteiger partial charge in [-0.05, 0) is 64.5 Å². The maximum atomic E-state index is 5.18. The molecule has 1 saturated carbocycles. The first-order valence-corrected chi connectivity index (χ1v) is 11.2. The number of nitrogens with zero attached hydrogens (tertiary/aromatic N) is 5. The molecule has 2 heterocycles. The molecular weight excluding hydrogens is 493 g/mol. The van der Waals surface area contributed by atoms with Gasteiger partial charge in [0.1, 0.15) is 12.4 Å². The molecule has 1 aliphatic heterocycles. The van der Waals surface area contributed by atoms with Gasteiger partial charge in [0.2, 0.25) is 0 Å². The Morgan fingerprint density at radius 1 is 1.13 bits per heavy atom. The van der Waals surface area contributed by atoms with Crippen molar-refractivity contribution in [1.29, 1.82) is 0 Å². The maximum absolute atomic E-state index is 5.18. The maximum Gasteiger partial charge on any atom is 0.192 e. The molecule has 1 aromatic heterocycles. The van der Waals surface area contributed by atoms with Gasteiger partial charge >= 0.3 is 0 Å². The predicted molar refractivity (Wildman–Crippen MR) is 131 cm³/mol. The van der Waals surface area contributed by atoms with Crippen LogP contribution in [0.15, 0.2) is 4.99 Å². The molecule has 1 saturated heterocycles. The van der Waals surface area contributed by atoms with E-state index in [4.69, 9.17) is 9.73 Å². The lowest BCUT2D eigenvalue weighted by Gasteiger charge is -2.40. The highest BCUT2D eigenvalue weighted by molar-refractivity contribution is 14.0. The first-order chi connectivity index (χ1) is 14.1. The van der Waals surface area contributed by atoms with Crippen molar-refractivity contribution in [3.05, 3.63) is 11.6 Å². The Labute approximate surface area is 198 Å². The minimum absolute atomic E-state index is 0. The number of aryl methyl sites for hydroxylation is 1. The van der Waals surface area contributed by atoms with Gasteiger partial charge in [-0.3, -0.25) is 0 Å². The molecule has 0 unspecified atom stereocenters. The van der Waals surface area contributed by atoms with E-state index in [-0.39, 0.29) is 24.0 Å². The van der Waals surface area contributed by atoms with Gasteiger partial charge in [0.05, 0.1) is 6.61 Å². The number of piperidine rings is 1. The normalized spacial score (nSPS) is 23.8. The second kappa shape index (κ2) is 12.8. The van der Waals surface area contributed by atoms with Crippen LogP contribution in [0, 0.1) is 12.8 Å². The number of guanidine groups is 1. The SMILES string of the molecule is COCCNC(=NCc1nnc(C)n1C)NC1CCC(N2CCC(C)CC2)CC1.I. The third kappa shape index (κ3) is 7.33. The van der Waals surface area contributed by atoms with Crippen LogP contribution in [0.2, 0.25) is 0 Å². The van der Waals surface area contributed by atoms with E-state index >= 15 is 0 Å². The molecule has 0 spiro atoms. The molecule has 9 heteroatoms. The molecule has 8 nitrogen and oxygen atoms in total. The smallest absolute Gasteiger partial charge is 0.192 e. The fourth-order valence-corrected chi connectivity index (χ4v) is 4.33. The lowest BCUT2D eigenvalue weighted by molar-refractivity contribution is 0.105. The van der Waals surface area contributed by atoms with E-state index < -0.39 is 0 Å². The van der Waals surface area contributed by atoms with Crippen LogP contribution in [0.4, 0.5) is 0 Å². The fourth-order valence-electron chi connectivity index (χ4n) is 4.33. The summed E-state index contributed by atoms with van der Waals surface area (Å²) in [4.78, 5) is 7.49. The molecule has 2 fully saturated rings. The average Bonchev–Trinajstić information content (AvgIpc) is 3.05. The highest BCUT2D eigenvalue weighted by Crippen LogP contribution is 2.27. The number of aliphatic imine (C=N–C) groups is 1. The highest BCUT2D eigenvalue weighted by atomic mass is 127. The summed E-state index contributed by atoms with van der Waals surface area (Å²) in [6, 6.07) is 1.24. The van der Waals surface area contributed by atoms with Crippen LogP contribution in [0.3, 0.4) is 0 Å². The molecule has 2 aliphatic rings. The Balaban J connectivity index is 0.00000320. The molecular formula is C21H40IN7O. The zero-order valence-corrected chi connectivity index (χ0v) is 21.4. The second-order valence-corrected chi connectivity index (χ2v) is 8.68. The van der Waals surface area contributed by atoms with E-state index in [2.05, 4.69) is 32.7 Å². The van der Waals surface area contributed by atoms with Crippen LogP contribution in [0.1, 0.15) is 57.1 Å². The summed E-state index contributed by atoms with van der Waals surface area (Å²) in [7, 11) is 3.70. The minimum Gasteiger partial charge on any atom is -0.383 e. The van der Waals surface area contributed by atoms with Crippen LogP contribution >= 0.6 is 24.0 Å². The number of halogens is 1. The van der Waals surface area contributed by atoms with Gasteiger partial charge in [0, 0.05) is 32.8 Å². The lowest BCUT2D eigenvalue weighted by Crippen LogP contribution is -2.49. The second-order valence-electron chi connectivity index (χ2n) is 8.68. The Morgan fingerprint density at radius 3 is 2.43 bits per heavy atom. The third-order valence-electron chi connectivity index (χ3n) is 6.53. The average molecular weight is 534 g/mol. The van der Waals surface area contributed by atoms with Gasteiger partial charge in [-0.2, -0.15) is 0 Å². The van der Waals surface area contributed by atoms with Gasteiger partial charge in [-0.1, -0.05) is 6.92 Å². The van der Waals surface area contributed by atoms with Gasteiger partial charge in [-0.15, -0.1) is 34.2 Å². The standard InChI is InChI=1S/C21H39N7O.HI/c1-16-9-12-28(13-10-16)19-7-5-18(6-8-19)24-21(22-11-14-29-4)23-15-20-26-25-17(2)27(20)3;/h16,18-19H,5-15H2,1-4H3,(H2,22,23,24);1H. The molecule has 172 valence electrons. The monoisotopic (exact) mass is 533 g/mol. The molecule has 2 N–H and O–H groups in total. The number of aromatic nitrogens is 3. The van der Waals surface area contributed by atoms with Gasteiger partial charge in [0.25, 0.3) is 0 Å². The van der Waals surface area contributed by atoms with Gasteiger partial charge < -0.3 is 24.8 Å². The van der Waals surface area contributed by atoms with Crippen molar-refractivity contribution in [2.75, 3.05) is 33.4 Å². The number of nitrogens with one attached hydrogen (secondary N) is 2. The summed E-state index contributed by atoms with van der Waals surface area (Å²) in [5.41, 5.74) is 0. The summed E-state index contributed by atoms with van der Waals surface area (Å²) in [6.45, 7) is 8.82. The van der Waals surface area contributed by atoms with Crippen LogP contribution in [0.25, 0.3) is 0 Å². The van der Waals surface area contributed by atoms with E-state index in [1.807, 2.05) is 18.5 Å². The zero-order valence-electron chi connectivity index (χ0n) is 19.1. The van der Waals surface area contributed by atoms with Crippen LogP contribution < -0.4 is 10.6 Å². The highest BCUT2D eigenvalue weighted by Gasteiger charge is 2.28. The molecule has 3 rings (SSSR count). The number of hydrogen-bond acceptors (Lipinski definition) is 5. The van der Waals surface area contributed by atoms with Gasteiger partial charge in [0.15, 0.2) is 11.8 Å².